The summed E-state index contributed by atoms with van der Waals surface area (Å²) < 4.78 is 0. The summed E-state index contributed by atoms with van der Waals surface area (Å²) >= 11 is 0. The van der Waals surface area contributed by atoms with Gasteiger partial charge in [0, 0.05) is 5.41 Å². The van der Waals surface area contributed by atoms with E-state index in [1.165, 1.54) is 21.9 Å². The lowest BCUT2D eigenvalue weighted by molar-refractivity contribution is 0.474. The molecule has 0 fully saturated rings. The van der Waals surface area contributed by atoms with Gasteiger partial charge in [-0.05, 0) is 87.0 Å². The van der Waals surface area contributed by atoms with Crippen molar-refractivity contribution in [3.8, 4) is 33.8 Å². The Morgan fingerprint density at radius 3 is 1.26 bits per heavy atom. The summed E-state index contributed by atoms with van der Waals surface area (Å²) in [4.78, 5) is 0. The summed E-state index contributed by atoms with van der Waals surface area (Å²) in [5.41, 5.74) is 7.52. The van der Waals surface area contributed by atoms with Crippen molar-refractivity contribution in [2.75, 3.05) is 0 Å². The first-order valence-electron chi connectivity index (χ1n) is 12.8. The number of benzene rings is 6. The Morgan fingerprint density at radius 1 is 0.395 bits per heavy atom. The fourth-order valence-electron chi connectivity index (χ4n) is 5.31. The Labute approximate surface area is 223 Å². The van der Waals surface area contributed by atoms with Crippen molar-refractivity contribution < 1.29 is 10.2 Å². The molecule has 0 bridgehead atoms. The number of phenols is 2. The van der Waals surface area contributed by atoms with Gasteiger partial charge >= 0.3 is 0 Å². The summed E-state index contributed by atoms with van der Waals surface area (Å²) in [6.45, 7) is 2.18. The van der Waals surface area contributed by atoms with Crippen LogP contribution in [0.1, 0.15) is 23.6 Å². The second-order valence-electron chi connectivity index (χ2n) is 9.94. The van der Waals surface area contributed by atoms with E-state index in [1.807, 2.05) is 24.3 Å². The summed E-state index contributed by atoms with van der Waals surface area (Å²) in [5.74, 6) is 0.480. The van der Waals surface area contributed by atoms with Gasteiger partial charge in [0.25, 0.3) is 0 Å². The number of aromatic hydroxyl groups is 2. The Morgan fingerprint density at radius 2 is 0.763 bits per heavy atom. The van der Waals surface area contributed by atoms with Gasteiger partial charge in [-0.1, -0.05) is 109 Å². The molecule has 0 amide bonds. The molecule has 0 saturated heterocycles. The zero-order valence-electron chi connectivity index (χ0n) is 21.2. The predicted molar refractivity (Wildman–Crippen MR) is 157 cm³/mol. The fourth-order valence-corrected chi connectivity index (χ4v) is 5.31. The van der Waals surface area contributed by atoms with Crippen molar-refractivity contribution in [3.63, 3.8) is 0 Å². The average molecular weight is 493 g/mol. The van der Waals surface area contributed by atoms with E-state index < -0.39 is 5.41 Å². The highest BCUT2D eigenvalue weighted by Crippen LogP contribution is 2.40. The molecule has 0 radical (unpaired) electrons. The minimum Gasteiger partial charge on any atom is -0.508 e. The summed E-state index contributed by atoms with van der Waals surface area (Å²) in [7, 11) is 0. The molecule has 0 aliphatic carbocycles. The molecule has 0 saturated carbocycles. The molecule has 0 atom stereocenters. The second kappa shape index (κ2) is 9.57. The normalized spacial score (nSPS) is 11.5. The number of hydrogen-bond acceptors (Lipinski definition) is 2. The number of fused-ring (bicyclic) bond motifs is 1. The van der Waals surface area contributed by atoms with Gasteiger partial charge in [-0.15, -0.1) is 0 Å². The molecule has 0 aliphatic rings. The maximum Gasteiger partial charge on any atom is 0.115 e. The van der Waals surface area contributed by atoms with Gasteiger partial charge < -0.3 is 10.2 Å². The Balaban J connectivity index is 1.33. The Bertz CT molecular complexity index is 1650. The van der Waals surface area contributed by atoms with Crippen LogP contribution in [0.5, 0.6) is 11.5 Å². The van der Waals surface area contributed by atoms with Gasteiger partial charge in [0.2, 0.25) is 0 Å². The van der Waals surface area contributed by atoms with E-state index >= 15 is 0 Å². The van der Waals surface area contributed by atoms with Crippen LogP contribution in [0.25, 0.3) is 33.0 Å². The largest absolute Gasteiger partial charge is 0.508 e. The minimum absolute atomic E-state index is 0.240. The highest BCUT2D eigenvalue weighted by molar-refractivity contribution is 5.87. The molecule has 0 aliphatic heterocycles. The van der Waals surface area contributed by atoms with Crippen LogP contribution >= 0.6 is 0 Å². The molecule has 0 unspecified atom stereocenters. The molecular weight excluding hydrogens is 464 g/mol. The van der Waals surface area contributed by atoms with E-state index in [4.69, 9.17) is 0 Å². The second-order valence-corrected chi connectivity index (χ2v) is 9.94. The van der Waals surface area contributed by atoms with E-state index in [2.05, 4.69) is 97.9 Å². The standard InChI is InChI=1S/C36H28O2/c1-36(32-16-20-34(37)21-17-32,33-18-22-35(38)23-19-33)31-14-12-27(13-15-31)26-6-8-28(9-7-26)30-11-10-25-4-2-3-5-29(25)24-30/h2-24,37-38H,1H3. The van der Waals surface area contributed by atoms with Crippen LogP contribution in [-0.2, 0) is 5.41 Å². The maximum atomic E-state index is 9.87. The maximum absolute atomic E-state index is 9.87. The Kier molecular flexibility index (Phi) is 5.94. The van der Waals surface area contributed by atoms with Gasteiger partial charge in [0.05, 0.1) is 0 Å². The molecule has 6 aromatic rings. The van der Waals surface area contributed by atoms with Crippen LogP contribution < -0.4 is 0 Å². The van der Waals surface area contributed by atoms with E-state index in [-0.39, 0.29) is 11.5 Å². The molecule has 2 nitrogen and oxygen atoms in total. The Hall–Kier alpha value is -4.82. The molecular formula is C36H28O2. The first kappa shape index (κ1) is 23.6. The van der Waals surface area contributed by atoms with Gasteiger partial charge in [-0.25, -0.2) is 0 Å². The topological polar surface area (TPSA) is 40.5 Å². The fraction of sp³-hybridized carbons (Fsp3) is 0.0556. The molecule has 6 aromatic carbocycles. The zero-order chi connectivity index (χ0) is 26.1. The molecule has 6 rings (SSSR count). The third kappa shape index (κ3) is 4.31. The summed E-state index contributed by atoms with van der Waals surface area (Å²) in [5, 5.41) is 22.2. The molecule has 184 valence electrons. The van der Waals surface area contributed by atoms with E-state index in [9.17, 15) is 10.2 Å². The van der Waals surface area contributed by atoms with Gasteiger partial charge in [-0.2, -0.15) is 0 Å². The average Bonchev–Trinajstić information content (AvgIpc) is 2.97. The third-order valence-electron chi connectivity index (χ3n) is 7.65. The van der Waals surface area contributed by atoms with E-state index in [1.54, 1.807) is 24.3 Å². The van der Waals surface area contributed by atoms with Crippen molar-refractivity contribution in [2.45, 2.75) is 12.3 Å². The van der Waals surface area contributed by atoms with E-state index in [0.717, 1.165) is 27.8 Å². The lowest BCUT2D eigenvalue weighted by atomic mass is 9.71. The smallest absolute Gasteiger partial charge is 0.115 e. The zero-order valence-corrected chi connectivity index (χ0v) is 21.2. The monoisotopic (exact) mass is 492 g/mol. The van der Waals surface area contributed by atoms with Crippen molar-refractivity contribution in [3.05, 3.63) is 156 Å². The van der Waals surface area contributed by atoms with Crippen LogP contribution in [0, 0.1) is 0 Å². The van der Waals surface area contributed by atoms with Crippen LogP contribution in [0.2, 0.25) is 0 Å². The summed E-state index contributed by atoms with van der Waals surface area (Å²) in [6.07, 6.45) is 0. The van der Waals surface area contributed by atoms with Crippen LogP contribution in [-0.4, -0.2) is 10.2 Å². The van der Waals surface area contributed by atoms with Crippen molar-refractivity contribution >= 4 is 10.8 Å². The number of phenolic OH excluding ortho intramolecular Hbond substituents is 2. The van der Waals surface area contributed by atoms with Crippen molar-refractivity contribution in [1.82, 2.24) is 0 Å². The van der Waals surface area contributed by atoms with E-state index in [0.29, 0.717) is 0 Å². The molecule has 2 N–H and O–H groups in total. The van der Waals surface area contributed by atoms with Gasteiger partial charge in [0.1, 0.15) is 11.5 Å². The minimum atomic E-state index is -0.458. The first-order valence-corrected chi connectivity index (χ1v) is 12.8. The number of rotatable bonds is 5. The predicted octanol–water partition coefficient (Wildman–Crippen LogP) is 8.94. The van der Waals surface area contributed by atoms with Crippen LogP contribution in [0.4, 0.5) is 0 Å². The third-order valence-corrected chi connectivity index (χ3v) is 7.65. The van der Waals surface area contributed by atoms with Crippen LogP contribution in [0.15, 0.2) is 140 Å². The lowest BCUT2D eigenvalue weighted by Gasteiger charge is -2.32. The van der Waals surface area contributed by atoms with Crippen LogP contribution in [0.3, 0.4) is 0 Å². The molecule has 0 heterocycles. The molecule has 2 heteroatoms. The SMILES string of the molecule is CC(c1ccc(O)cc1)(c1ccc(O)cc1)c1ccc(-c2ccc(-c3ccc4ccccc4c3)cc2)cc1. The molecule has 0 aromatic heterocycles. The van der Waals surface area contributed by atoms with Gasteiger partial charge in [-0.3, -0.25) is 0 Å². The highest BCUT2D eigenvalue weighted by atomic mass is 16.3. The molecule has 0 spiro atoms. The lowest BCUT2D eigenvalue weighted by Crippen LogP contribution is -2.25. The first-order chi connectivity index (χ1) is 18.5. The quantitative estimate of drug-likeness (QED) is 0.236. The molecule has 38 heavy (non-hydrogen) atoms. The summed E-state index contributed by atoms with van der Waals surface area (Å²) in [6, 6.07) is 47.2. The number of hydrogen-bond donors (Lipinski definition) is 2. The van der Waals surface area contributed by atoms with Crippen molar-refractivity contribution in [1.29, 1.82) is 0 Å². The van der Waals surface area contributed by atoms with Crippen molar-refractivity contribution in [2.24, 2.45) is 0 Å². The highest BCUT2D eigenvalue weighted by Gasteiger charge is 2.31. The van der Waals surface area contributed by atoms with Gasteiger partial charge in [0.15, 0.2) is 0 Å².